The SMILES string of the molecule is Cc1ccc(NC(=O)Cc2noc(CCCSC(C)(C)C)n2)cc1. The zero-order valence-electron chi connectivity index (χ0n) is 14.8. The maximum atomic E-state index is 12.0. The van der Waals surface area contributed by atoms with Gasteiger partial charge in [-0.2, -0.15) is 16.7 Å². The maximum Gasteiger partial charge on any atom is 0.232 e. The molecule has 130 valence electrons. The molecule has 0 fully saturated rings. The Bertz CT molecular complexity index is 660. The van der Waals surface area contributed by atoms with E-state index in [2.05, 4.69) is 36.2 Å². The van der Waals surface area contributed by atoms with Gasteiger partial charge in [0.15, 0.2) is 5.82 Å². The first-order valence-electron chi connectivity index (χ1n) is 8.14. The molecular weight excluding hydrogens is 322 g/mol. The normalized spacial score (nSPS) is 11.5. The van der Waals surface area contributed by atoms with Gasteiger partial charge in [0, 0.05) is 16.9 Å². The summed E-state index contributed by atoms with van der Waals surface area (Å²) in [6, 6.07) is 7.67. The van der Waals surface area contributed by atoms with Crippen molar-refractivity contribution < 1.29 is 9.32 Å². The first kappa shape index (κ1) is 18.5. The molecule has 24 heavy (non-hydrogen) atoms. The number of rotatable bonds is 7. The number of nitrogens with zero attached hydrogens (tertiary/aromatic N) is 2. The third-order valence-corrected chi connectivity index (χ3v) is 4.59. The zero-order valence-corrected chi connectivity index (χ0v) is 15.6. The van der Waals surface area contributed by atoms with Gasteiger partial charge >= 0.3 is 0 Å². The summed E-state index contributed by atoms with van der Waals surface area (Å²) in [7, 11) is 0. The maximum absolute atomic E-state index is 12.0. The Hall–Kier alpha value is -1.82. The van der Waals surface area contributed by atoms with Crippen LogP contribution in [0.5, 0.6) is 0 Å². The van der Waals surface area contributed by atoms with Crippen LogP contribution in [0.25, 0.3) is 0 Å². The van der Waals surface area contributed by atoms with Crippen molar-refractivity contribution in [1.29, 1.82) is 0 Å². The highest BCUT2D eigenvalue weighted by Gasteiger charge is 2.13. The summed E-state index contributed by atoms with van der Waals surface area (Å²) in [5, 5.41) is 6.72. The summed E-state index contributed by atoms with van der Waals surface area (Å²) in [6.45, 7) is 8.62. The molecule has 0 atom stereocenters. The first-order chi connectivity index (χ1) is 11.3. The number of aryl methyl sites for hydroxylation is 2. The molecule has 0 aliphatic heterocycles. The highest BCUT2D eigenvalue weighted by molar-refractivity contribution is 8.00. The molecule has 0 unspecified atom stereocenters. The van der Waals surface area contributed by atoms with Crippen molar-refractivity contribution in [1.82, 2.24) is 10.1 Å². The lowest BCUT2D eigenvalue weighted by molar-refractivity contribution is -0.115. The summed E-state index contributed by atoms with van der Waals surface area (Å²) in [5.74, 6) is 1.94. The van der Waals surface area contributed by atoms with Crippen LogP contribution in [0.15, 0.2) is 28.8 Å². The molecule has 0 aliphatic carbocycles. The van der Waals surface area contributed by atoms with Crippen LogP contribution in [0.4, 0.5) is 5.69 Å². The van der Waals surface area contributed by atoms with E-state index in [1.54, 1.807) is 0 Å². The molecule has 0 spiro atoms. The van der Waals surface area contributed by atoms with Gasteiger partial charge in [0.25, 0.3) is 0 Å². The zero-order chi connectivity index (χ0) is 17.6. The van der Waals surface area contributed by atoms with Crippen LogP contribution in [0.1, 0.15) is 44.5 Å². The van der Waals surface area contributed by atoms with E-state index in [-0.39, 0.29) is 17.1 Å². The molecular formula is C18H25N3O2S. The number of anilines is 1. The van der Waals surface area contributed by atoms with E-state index in [1.165, 1.54) is 0 Å². The van der Waals surface area contributed by atoms with Crippen molar-refractivity contribution in [2.45, 2.75) is 51.7 Å². The van der Waals surface area contributed by atoms with Crippen LogP contribution in [-0.4, -0.2) is 26.5 Å². The molecule has 1 heterocycles. The van der Waals surface area contributed by atoms with Crippen LogP contribution in [0.2, 0.25) is 0 Å². The molecule has 0 aliphatic rings. The molecule has 1 amide bonds. The largest absolute Gasteiger partial charge is 0.339 e. The Labute approximate surface area is 147 Å². The molecule has 0 saturated carbocycles. The number of hydrogen-bond acceptors (Lipinski definition) is 5. The third kappa shape index (κ3) is 6.74. The van der Waals surface area contributed by atoms with E-state index in [9.17, 15) is 4.79 Å². The van der Waals surface area contributed by atoms with Crippen LogP contribution in [0, 0.1) is 6.92 Å². The monoisotopic (exact) mass is 347 g/mol. The van der Waals surface area contributed by atoms with Gasteiger partial charge in [-0.1, -0.05) is 43.6 Å². The number of benzene rings is 1. The molecule has 0 radical (unpaired) electrons. The van der Waals surface area contributed by atoms with Crippen molar-refractivity contribution in [3.63, 3.8) is 0 Å². The highest BCUT2D eigenvalue weighted by Crippen LogP contribution is 2.24. The first-order valence-corrected chi connectivity index (χ1v) is 9.12. The lowest BCUT2D eigenvalue weighted by Crippen LogP contribution is -2.15. The van der Waals surface area contributed by atoms with E-state index in [0.29, 0.717) is 11.7 Å². The molecule has 1 aromatic carbocycles. The average Bonchev–Trinajstić information content (AvgIpc) is 2.92. The molecule has 1 N–H and O–H groups in total. The van der Waals surface area contributed by atoms with Gasteiger partial charge in [-0.15, -0.1) is 0 Å². The van der Waals surface area contributed by atoms with E-state index >= 15 is 0 Å². The van der Waals surface area contributed by atoms with Crippen LogP contribution >= 0.6 is 11.8 Å². The van der Waals surface area contributed by atoms with Crippen molar-refractivity contribution in [2.75, 3.05) is 11.1 Å². The molecule has 0 bridgehead atoms. The molecule has 0 saturated heterocycles. The van der Waals surface area contributed by atoms with Crippen molar-refractivity contribution in [3.8, 4) is 0 Å². The van der Waals surface area contributed by atoms with E-state index in [0.717, 1.165) is 29.8 Å². The van der Waals surface area contributed by atoms with Gasteiger partial charge in [-0.3, -0.25) is 4.79 Å². The van der Waals surface area contributed by atoms with Gasteiger partial charge < -0.3 is 9.84 Å². The van der Waals surface area contributed by atoms with Gasteiger partial charge in [0.05, 0.1) is 6.42 Å². The Balaban J connectivity index is 1.76. The van der Waals surface area contributed by atoms with Gasteiger partial charge in [0.2, 0.25) is 11.8 Å². The number of hydrogen-bond donors (Lipinski definition) is 1. The molecule has 2 rings (SSSR count). The summed E-state index contributed by atoms with van der Waals surface area (Å²) < 4.78 is 5.49. The van der Waals surface area contributed by atoms with Crippen molar-refractivity contribution in [3.05, 3.63) is 41.5 Å². The molecule has 5 nitrogen and oxygen atoms in total. The Morgan fingerprint density at radius 2 is 1.96 bits per heavy atom. The summed E-state index contributed by atoms with van der Waals surface area (Å²) in [5.41, 5.74) is 1.92. The number of nitrogens with one attached hydrogen (secondary N) is 1. The number of carbonyl (C=O) groups is 1. The lowest BCUT2D eigenvalue weighted by atomic mass is 10.2. The fraction of sp³-hybridized carbons (Fsp3) is 0.500. The van der Waals surface area contributed by atoms with Crippen molar-refractivity contribution in [2.24, 2.45) is 0 Å². The number of aromatic nitrogens is 2. The highest BCUT2D eigenvalue weighted by atomic mass is 32.2. The number of thioether (sulfide) groups is 1. The van der Waals surface area contributed by atoms with Crippen LogP contribution < -0.4 is 5.32 Å². The topological polar surface area (TPSA) is 68.0 Å². The minimum atomic E-state index is -0.144. The van der Waals surface area contributed by atoms with Crippen molar-refractivity contribution >= 4 is 23.4 Å². The standard InChI is InChI=1S/C18H25N3O2S/c1-13-7-9-14(10-8-13)19-16(22)12-15-20-17(23-21-15)6-5-11-24-18(2,3)4/h7-10H,5-6,11-12H2,1-4H3,(H,19,22). The Morgan fingerprint density at radius 3 is 2.62 bits per heavy atom. The van der Waals surface area contributed by atoms with E-state index < -0.39 is 0 Å². The fourth-order valence-corrected chi connectivity index (χ4v) is 2.95. The quantitative estimate of drug-likeness (QED) is 0.766. The lowest BCUT2D eigenvalue weighted by Gasteiger charge is -2.16. The second kappa shape index (κ2) is 8.33. The van der Waals surface area contributed by atoms with Gasteiger partial charge in [-0.25, -0.2) is 0 Å². The fourth-order valence-electron chi connectivity index (χ4n) is 2.05. The summed E-state index contributed by atoms with van der Waals surface area (Å²) in [6.07, 6.45) is 1.85. The van der Waals surface area contributed by atoms with Crippen LogP contribution in [0.3, 0.4) is 0 Å². The second-order valence-corrected chi connectivity index (χ2v) is 8.68. The minimum Gasteiger partial charge on any atom is -0.339 e. The van der Waals surface area contributed by atoms with Gasteiger partial charge in [-0.05, 0) is 31.2 Å². The molecule has 6 heteroatoms. The summed E-state index contributed by atoms with van der Waals surface area (Å²) in [4.78, 5) is 16.3. The predicted octanol–water partition coefficient (Wildman–Crippen LogP) is 4.02. The van der Waals surface area contributed by atoms with E-state index in [1.807, 2.05) is 43.0 Å². The summed E-state index contributed by atoms with van der Waals surface area (Å²) >= 11 is 1.92. The molecule has 2 aromatic rings. The Kier molecular flexibility index (Phi) is 6.43. The average molecular weight is 347 g/mol. The van der Waals surface area contributed by atoms with E-state index in [4.69, 9.17) is 4.52 Å². The number of carbonyl (C=O) groups excluding carboxylic acids is 1. The van der Waals surface area contributed by atoms with Gasteiger partial charge in [0.1, 0.15) is 0 Å². The van der Waals surface area contributed by atoms with Crippen LogP contribution in [-0.2, 0) is 17.6 Å². The second-order valence-electron chi connectivity index (χ2n) is 6.76. The number of amides is 1. The smallest absolute Gasteiger partial charge is 0.232 e. The minimum absolute atomic E-state index is 0.119. The Morgan fingerprint density at radius 1 is 1.25 bits per heavy atom. The molecule has 1 aromatic heterocycles. The predicted molar refractivity (Wildman–Crippen MR) is 98.3 cm³/mol. The third-order valence-electron chi connectivity index (χ3n) is 3.23.